The van der Waals surface area contributed by atoms with Crippen molar-refractivity contribution in [3.8, 4) is 5.75 Å². The van der Waals surface area contributed by atoms with Crippen molar-refractivity contribution in [3.05, 3.63) is 34.7 Å². The molecule has 1 aromatic carbocycles. The van der Waals surface area contributed by atoms with Crippen molar-refractivity contribution in [2.45, 2.75) is 31.7 Å². The van der Waals surface area contributed by atoms with Gasteiger partial charge in [0.25, 0.3) is 5.91 Å². The molecule has 2 fully saturated rings. The van der Waals surface area contributed by atoms with Crippen LogP contribution in [0.2, 0.25) is 0 Å². The van der Waals surface area contributed by atoms with Gasteiger partial charge in [-0.2, -0.15) is 0 Å². The number of carbonyl (C=O) groups excluding carboxylic acids is 2. The minimum Gasteiger partial charge on any atom is -0.497 e. The van der Waals surface area contributed by atoms with E-state index in [2.05, 4.69) is 0 Å². The molecule has 0 bridgehead atoms. The molecule has 6 nitrogen and oxygen atoms in total. The SMILES string of the molecule is COc1cccc(/C=C2\SC(=S)N(CC(=O)N3CCCCC3CCO)C2=O)c1. The molecule has 2 saturated heterocycles. The van der Waals surface area contributed by atoms with Crippen LogP contribution in [-0.2, 0) is 9.59 Å². The number of benzene rings is 1. The molecule has 2 aliphatic rings. The highest BCUT2D eigenvalue weighted by Crippen LogP contribution is 2.33. The first-order valence-electron chi connectivity index (χ1n) is 9.33. The van der Waals surface area contributed by atoms with Crippen LogP contribution in [-0.4, -0.2) is 63.9 Å². The maximum absolute atomic E-state index is 12.8. The summed E-state index contributed by atoms with van der Waals surface area (Å²) >= 11 is 6.56. The summed E-state index contributed by atoms with van der Waals surface area (Å²) < 4.78 is 5.60. The number of rotatable bonds is 6. The molecule has 8 heteroatoms. The van der Waals surface area contributed by atoms with Crippen molar-refractivity contribution in [1.82, 2.24) is 9.80 Å². The number of amides is 2. The van der Waals surface area contributed by atoms with Crippen LogP contribution in [0.4, 0.5) is 0 Å². The number of likely N-dealkylation sites (tertiary alicyclic amines) is 1. The summed E-state index contributed by atoms with van der Waals surface area (Å²) in [4.78, 5) is 29.3. The topological polar surface area (TPSA) is 70.1 Å². The van der Waals surface area contributed by atoms with E-state index in [0.717, 1.165) is 24.8 Å². The predicted molar refractivity (Wildman–Crippen MR) is 114 cm³/mol. The van der Waals surface area contributed by atoms with E-state index in [1.165, 1.54) is 16.7 Å². The maximum Gasteiger partial charge on any atom is 0.266 e. The van der Waals surface area contributed by atoms with Gasteiger partial charge in [0.05, 0.1) is 12.0 Å². The lowest BCUT2D eigenvalue weighted by molar-refractivity contribution is -0.138. The third-order valence-electron chi connectivity index (χ3n) is 4.97. The molecule has 0 aliphatic carbocycles. The fraction of sp³-hybridized carbons (Fsp3) is 0.450. The lowest BCUT2D eigenvalue weighted by atomic mass is 9.99. The molecule has 1 atom stereocenters. The Hall–Kier alpha value is -1.90. The third-order valence-corrected chi connectivity index (χ3v) is 6.35. The van der Waals surface area contributed by atoms with E-state index < -0.39 is 0 Å². The summed E-state index contributed by atoms with van der Waals surface area (Å²) in [6, 6.07) is 7.45. The van der Waals surface area contributed by atoms with E-state index in [-0.39, 0.29) is 31.0 Å². The standard InChI is InChI=1S/C20H24N2O4S2/c1-26-16-7-4-5-14(11-16)12-17-19(25)22(20(27)28-17)13-18(24)21-9-3-2-6-15(21)8-10-23/h4-5,7,11-12,15,23H,2-3,6,8-10,13H2,1H3/b17-12-. The minimum absolute atomic E-state index is 0.0389. The Bertz CT molecular complexity index is 794. The highest BCUT2D eigenvalue weighted by atomic mass is 32.2. The highest BCUT2D eigenvalue weighted by molar-refractivity contribution is 8.26. The largest absolute Gasteiger partial charge is 0.497 e. The highest BCUT2D eigenvalue weighted by Gasteiger charge is 2.36. The zero-order chi connectivity index (χ0) is 20.1. The van der Waals surface area contributed by atoms with Crippen LogP contribution in [0.25, 0.3) is 6.08 Å². The van der Waals surface area contributed by atoms with E-state index in [1.54, 1.807) is 18.1 Å². The summed E-state index contributed by atoms with van der Waals surface area (Å²) in [6.45, 7) is 0.665. The van der Waals surface area contributed by atoms with Gasteiger partial charge in [-0.1, -0.05) is 36.1 Å². The van der Waals surface area contributed by atoms with Gasteiger partial charge < -0.3 is 14.7 Å². The van der Waals surface area contributed by atoms with Crippen LogP contribution >= 0.6 is 24.0 Å². The van der Waals surface area contributed by atoms with Crippen LogP contribution in [0, 0.1) is 0 Å². The molecule has 2 aliphatic heterocycles. The molecule has 2 amide bonds. The lowest BCUT2D eigenvalue weighted by Gasteiger charge is -2.36. The van der Waals surface area contributed by atoms with Gasteiger partial charge in [0.2, 0.25) is 5.91 Å². The fourth-order valence-electron chi connectivity index (χ4n) is 3.52. The quantitative estimate of drug-likeness (QED) is 0.564. The molecule has 0 aromatic heterocycles. The molecule has 0 radical (unpaired) electrons. The normalized spacial score (nSPS) is 21.5. The average molecular weight is 421 g/mol. The molecule has 1 aromatic rings. The fourth-order valence-corrected chi connectivity index (χ4v) is 4.78. The lowest BCUT2D eigenvalue weighted by Crippen LogP contribution is -2.49. The van der Waals surface area contributed by atoms with E-state index in [9.17, 15) is 14.7 Å². The van der Waals surface area contributed by atoms with Gasteiger partial charge in [-0.3, -0.25) is 14.5 Å². The second-order valence-electron chi connectivity index (χ2n) is 6.79. The van der Waals surface area contributed by atoms with Crippen LogP contribution < -0.4 is 4.74 Å². The summed E-state index contributed by atoms with van der Waals surface area (Å²) in [5, 5.41) is 9.26. The number of thioether (sulfide) groups is 1. The first-order valence-corrected chi connectivity index (χ1v) is 10.6. The number of aliphatic hydroxyl groups excluding tert-OH is 1. The van der Waals surface area contributed by atoms with E-state index in [0.29, 0.717) is 27.9 Å². The molecule has 1 N–H and O–H groups in total. The van der Waals surface area contributed by atoms with Gasteiger partial charge in [-0.05, 0) is 49.5 Å². The molecule has 3 rings (SSSR count). The van der Waals surface area contributed by atoms with Gasteiger partial charge in [0.1, 0.15) is 16.6 Å². The minimum atomic E-state index is -0.248. The molecule has 0 spiro atoms. The number of piperidine rings is 1. The van der Waals surface area contributed by atoms with Crippen molar-refractivity contribution in [2.24, 2.45) is 0 Å². The monoisotopic (exact) mass is 420 g/mol. The van der Waals surface area contributed by atoms with Crippen molar-refractivity contribution in [2.75, 3.05) is 26.8 Å². The molecule has 0 saturated carbocycles. The Morgan fingerprint density at radius 3 is 3.00 bits per heavy atom. The number of hydrogen-bond donors (Lipinski definition) is 1. The van der Waals surface area contributed by atoms with Gasteiger partial charge in [-0.15, -0.1) is 0 Å². The summed E-state index contributed by atoms with van der Waals surface area (Å²) in [6.07, 6.45) is 5.22. The number of thiocarbonyl (C=S) groups is 1. The van der Waals surface area contributed by atoms with Gasteiger partial charge in [-0.25, -0.2) is 0 Å². The zero-order valence-corrected chi connectivity index (χ0v) is 17.4. The molecule has 28 heavy (non-hydrogen) atoms. The van der Waals surface area contributed by atoms with Crippen LogP contribution in [0.15, 0.2) is 29.2 Å². The molecule has 150 valence electrons. The molecular weight excluding hydrogens is 396 g/mol. The Kier molecular flexibility index (Phi) is 7.09. The Labute approximate surface area is 174 Å². The zero-order valence-electron chi connectivity index (χ0n) is 15.8. The maximum atomic E-state index is 12.8. The Balaban J connectivity index is 1.71. The Morgan fingerprint density at radius 1 is 1.43 bits per heavy atom. The molecule has 2 heterocycles. The predicted octanol–water partition coefficient (Wildman–Crippen LogP) is 2.66. The van der Waals surface area contributed by atoms with Crippen LogP contribution in [0.1, 0.15) is 31.2 Å². The van der Waals surface area contributed by atoms with Crippen LogP contribution in [0.3, 0.4) is 0 Å². The number of aliphatic hydroxyl groups is 1. The van der Waals surface area contributed by atoms with E-state index in [4.69, 9.17) is 17.0 Å². The second-order valence-corrected chi connectivity index (χ2v) is 8.47. The number of ether oxygens (including phenoxy) is 1. The summed E-state index contributed by atoms with van der Waals surface area (Å²) in [5.74, 6) is 0.346. The van der Waals surface area contributed by atoms with E-state index >= 15 is 0 Å². The molecule has 1 unspecified atom stereocenters. The number of hydrogen-bond acceptors (Lipinski definition) is 6. The van der Waals surface area contributed by atoms with Gasteiger partial charge in [0.15, 0.2) is 0 Å². The van der Waals surface area contributed by atoms with Crippen molar-refractivity contribution in [3.63, 3.8) is 0 Å². The van der Waals surface area contributed by atoms with Gasteiger partial charge in [0, 0.05) is 19.2 Å². The second kappa shape index (κ2) is 9.54. The Morgan fingerprint density at radius 2 is 2.25 bits per heavy atom. The average Bonchev–Trinajstić information content (AvgIpc) is 2.96. The van der Waals surface area contributed by atoms with Crippen molar-refractivity contribution >= 4 is 46.2 Å². The first-order chi connectivity index (χ1) is 13.5. The number of methoxy groups -OCH3 is 1. The first kappa shape index (κ1) is 20.8. The molecular formula is C20H24N2O4S2. The number of nitrogens with zero attached hydrogens (tertiary/aromatic N) is 2. The summed E-state index contributed by atoms with van der Waals surface area (Å²) in [7, 11) is 1.59. The van der Waals surface area contributed by atoms with E-state index in [1.807, 2.05) is 24.3 Å². The van der Waals surface area contributed by atoms with Gasteiger partial charge >= 0.3 is 0 Å². The smallest absolute Gasteiger partial charge is 0.266 e. The summed E-state index contributed by atoms with van der Waals surface area (Å²) in [5.41, 5.74) is 0.838. The van der Waals surface area contributed by atoms with Crippen LogP contribution in [0.5, 0.6) is 5.75 Å². The number of carbonyl (C=O) groups is 2. The van der Waals surface area contributed by atoms with Crippen molar-refractivity contribution in [1.29, 1.82) is 0 Å². The van der Waals surface area contributed by atoms with Crippen molar-refractivity contribution < 1.29 is 19.4 Å². The third kappa shape index (κ3) is 4.74.